The Kier molecular flexibility index (Phi) is 5.59. The van der Waals surface area contributed by atoms with Gasteiger partial charge in [-0.3, -0.25) is 9.59 Å². The molecule has 7 heteroatoms. The first kappa shape index (κ1) is 19.8. The fourth-order valence-corrected chi connectivity index (χ4v) is 3.32. The second-order valence-corrected chi connectivity index (χ2v) is 7.34. The maximum absolute atomic E-state index is 12.3. The zero-order valence-electron chi connectivity index (χ0n) is 16.3. The number of carbonyl (C=O) groups is 2. The first-order chi connectivity index (χ1) is 14.5. The van der Waals surface area contributed by atoms with Crippen molar-refractivity contribution in [1.29, 1.82) is 0 Å². The highest BCUT2D eigenvalue weighted by atomic mass is 35.5. The lowest BCUT2D eigenvalue weighted by Gasteiger charge is -2.06. The number of ketones is 1. The van der Waals surface area contributed by atoms with Gasteiger partial charge in [-0.2, -0.15) is 5.10 Å². The van der Waals surface area contributed by atoms with Crippen LogP contribution in [0.15, 0.2) is 66.9 Å². The summed E-state index contributed by atoms with van der Waals surface area (Å²) < 4.78 is 1.78. The fraction of sp³-hybridized carbons (Fsp3) is 0.130. The van der Waals surface area contributed by atoms with E-state index >= 15 is 0 Å². The first-order valence-corrected chi connectivity index (χ1v) is 9.88. The van der Waals surface area contributed by atoms with Crippen molar-refractivity contribution >= 4 is 40.0 Å². The predicted octanol–water partition coefficient (Wildman–Crippen LogP) is 4.98. The lowest BCUT2D eigenvalue weighted by atomic mass is 10.1. The maximum Gasteiger partial charge on any atom is 0.224 e. The largest absolute Gasteiger partial charge is 0.325 e. The Morgan fingerprint density at radius 3 is 2.50 bits per heavy atom. The molecule has 6 nitrogen and oxygen atoms in total. The van der Waals surface area contributed by atoms with Gasteiger partial charge in [0.1, 0.15) is 0 Å². The number of rotatable bonds is 6. The molecule has 30 heavy (non-hydrogen) atoms. The van der Waals surface area contributed by atoms with Gasteiger partial charge in [0.05, 0.1) is 23.3 Å². The number of fused-ring (bicyclic) bond motifs is 1. The molecule has 1 N–H and O–H groups in total. The summed E-state index contributed by atoms with van der Waals surface area (Å²) in [6.07, 6.45) is 1.80. The molecule has 2 aromatic heterocycles. The molecule has 0 atom stereocenters. The molecule has 4 rings (SSSR count). The van der Waals surface area contributed by atoms with Crippen molar-refractivity contribution in [3.05, 3.63) is 83.1 Å². The van der Waals surface area contributed by atoms with Crippen LogP contribution in [-0.4, -0.2) is 26.5 Å². The molecule has 0 aliphatic rings. The molecule has 0 spiro atoms. The van der Waals surface area contributed by atoms with Crippen molar-refractivity contribution in [2.45, 2.75) is 19.8 Å². The van der Waals surface area contributed by atoms with Gasteiger partial charge in [0, 0.05) is 28.8 Å². The third kappa shape index (κ3) is 4.23. The Hall–Kier alpha value is -3.51. The number of anilines is 1. The molecular formula is C23H19ClN4O2. The van der Waals surface area contributed by atoms with Gasteiger partial charge >= 0.3 is 0 Å². The minimum Gasteiger partial charge on any atom is -0.325 e. The molecule has 4 aromatic rings. The molecule has 0 fully saturated rings. The van der Waals surface area contributed by atoms with Crippen LogP contribution < -0.4 is 5.32 Å². The van der Waals surface area contributed by atoms with Crippen molar-refractivity contribution in [2.75, 3.05) is 5.32 Å². The van der Waals surface area contributed by atoms with Gasteiger partial charge in [-0.25, -0.2) is 9.67 Å². The van der Waals surface area contributed by atoms with Crippen LogP contribution in [0.3, 0.4) is 0 Å². The minimum atomic E-state index is -0.244. The molecule has 2 heterocycles. The average Bonchev–Trinajstić information content (AvgIpc) is 3.09. The van der Waals surface area contributed by atoms with E-state index < -0.39 is 0 Å². The first-order valence-electron chi connectivity index (χ1n) is 9.51. The third-order valence-corrected chi connectivity index (χ3v) is 4.99. The second-order valence-electron chi connectivity index (χ2n) is 6.91. The van der Waals surface area contributed by atoms with E-state index in [1.54, 1.807) is 35.1 Å². The molecule has 0 saturated heterocycles. The molecule has 2 aromatic carbocycles. The Balaban J connectivity index is 1.45. The number of carbonyl (C=O) groups excluding carboxylic acids is 2. The van der Waals surface area contributed by atoms with Gasteiger partial charge < -0.3 is 5.32 Å². The number of para-hydroxylation sites is 1. The quantitative estimate of drug-likeness (QED) is 0.448. The number of benzene rings is 2. The number of hydrogen-bond acceptors (Lipinski definition) is 4. The molecular weight excluding hydrogens is 400 g/mol. The summed E-state index contributed by atoms with van der Waals surface area (Å²) in [5.74, 6) is -0.345. The average molecular weight is 419 g/mol. The Morgan fingerprint density at radius 1 is 1.03 bits per heavy atom. The van der Waals surface area contributed by atoms with Crippen LogP contribution in [0, 0.1) is 6.92 Å². The van der Waals surface area contributed by atoms with Gasteiger partial charge in [0.2, 0.25) is 5.91 Å². The van der Waals surface area contributed by atoms with Crippen LogP contribution in [0.2, 0.25) is 5.02 Å². The summed E-state index contributed by atoms with van der Waals surface area (Å²) in [6.45, 7) is 1.90. The highest BCUT2D eigenvalue weighted by Crippen LogP contribution is 2.23. The van der Waals surface area contributed by atoms with Gasteiger partial charge in [-0.15, -0.1) is 0 Å². The molecule has 0 unspecified atom stereocenters. The normalized spacial score (nSPS) is 10.9. The lowest BCUT2D eigenvalue weighted by molar-refractivity contribution is -0.116. The van der Waals surface area contributed by atoms with Crippen LogP contribution in [0.5, 0.6) is 0 Å². The smallest absolute Gasteiger partial charge is 0.224 e. The zero-order valence-corrected chi connectivity index (χ0v) is 17.1. The molecule has 1 amide bonds. The van der Waals surface area contributed by atoms with Gasteiger partial charge in [0.25, 0.3) is 0 Å². The van der Waals surface area contributed by atoms with Crippen molar-refractivity contribution in [2.24, 2.45) is 0 Å². The molecule has 0 aliphatic carbocycles. The summed E-state index contributed by atoms with van der Waals surface area (Å²) in [5, 5.41) is 8.80. The number of amides is 1. The van der Waals surface area contributed by atoms with Crippen LogP contribution in [0.25, 0.3) is 16.7 Å². The second kappa shape index (κ2) is 8.47. The molecule has 0 aliphatic heterocycles. The Morgan fingerprint density at radius 2 is 1.77 bits per heavy atom. The maximum atomic E-state index is 12.3. The van der Waals surface area contributed by atoms with Gasteiger partial charge in [0.15, 0.2) is 11.4 Å². The van der Waals surface area contributed by atoms with E-state index in [1.807, 2.05) is 43.3 Å². The number of Topliss-reactive ketones (excluding diaryl/α,β-unsaturated/α-hetero) is 1. The van der Waals surface area contributed by atoms with E-state index in [0.717, 1.165) is 22.4 Å². The number of aromatic nitrogens is 3. The summed E-state index contributed by atoms with van der Waals surface area (Å²) in [6, 6.07) is 18.2. The standard InChI is InChI=1S/C23H19ClN4O2/c1-15-20-13-18(14-25-23(20)28(27-15)19-5-3-2-4-6-19)26-22(30)12-11-21(29)16-7-9-17(24)10-8-16/h2-10,13-14H,11-12H2,1H3,(H,26,30). The SMILES string of the molecule is Cc1nn(-c2ccccc2)c2ncc(NC(=O)CCC(=O)c3ccc(Cl)cc3)cc12. The predicted molar refractivity (Wildman–Crippen MR) is 117 cm³/mol. The lowest BCUT2D eigenvalue weighted by Crippen LogP contribution is -2.13. The van der Waals surface area contributed by atoms with Crippen molar-refractivity contribution in [3.8, 4) is 5.69 Å². The Bertz CT molecular complexity index is 1220. The number of pyridine rings is 1. The van der Waals surface area contributed by atoms with Crippen LogP contribution in [0.4, 0.5) is 5.69 Å². The van der Waals surface area contributed by atoms with Crippen LogP contribution in [-0.2, 0) is 4.79 Å². The van der Waals surface area contributed by atoms with Gasteiger partial charge in [-0.05, 0) is 49.4 Å². The summed E-state index contributed by atoms with van der Waals surface area (Å²) in [5.41, 5.74) is 3.56. The van der Waals surface area contributed by atoms with E-state index in [4.69, 9.17) is 11.6 Å². The third-order valence-electron chi connectivity index (χ3n) is 4.74. The van der Waals surface area contributed by atoms with E-state index in [2.05, 4.69) is 15.4 Å². The van der Waals surface area contributed by atoms with E-state index in [-0.39, 0.29) is 24.5 Å². The van der Waals surface area contributed by atoms with Crippen molar-refractivity contribution in [1.82, 2.24) is 14.8 Å². The highest BCUT2D eigenvalue weighted by Gasteiger charge is 2.13. The van der Waals surface area contributed by atoms with Gasteiger partial charge in [-0.1, -0.05) is 29.8 Å². The zero-order chi connectivity index (χ0) is 21.1. The van der Waals surface area contributed by atoms with Crippen LogP contribution in [0.1, 0.15) is 28.9 Å². The van der Waals surface area contributed by atoms with E-state index in [9.17, 15) is 9.59 Å². The minimum absolute atomic E-state index is 0.0851. The topological polar surface area (TPSA) is 76.9 Å². The van der Waals surface area contributed by atoms with E-state index in [0.29, 0.717) is 16.3 Å². The van der Waals surface area contributed by atoms with Crippen molar-refractivity contribution in [3.63, 3.8) is 0 Å². The molecule has 0 radical (unpaired) electrons. The summed E-state index contributed by atoms with van der Waals surface area (Å²) in [4.78, 5) is 29.0. The number of nitrogens with one attached hydrogen (secondary N) is 1. The molecule has 150 valence electrons. The molecule has 0 saturated carbocycles. The highest BCUT2D eigenvalue weighted by molar-refractivity contribution is 6.30. The monoisotopic (exact) mass is 418 g/mol. The Labute approximate surface area is 178 Å². The summed E-state index contributed by atoms with van der Waals surface area (Å²) in [7, 11) is 0. The number of hydrogen-bond donors (Lipinski definition) is 1. The number of halogens is 1. The number of aryl methyl sites for hydroxylation is 1. The number of nitrogens with zero attached hydrogens (tertiary/aromatic N) is 3. The molecule has 0 bridgehead atoms. The van der Waals surface area contributed by atoms with Crippen molar-refractivity contribution < 1.29 is 9.59 Å². The van der Waals surface area contributed by atoms with Crippen LogP contribution >= 0.6 is 11.6 Å². The fourth-order valence-electron chi connectivity index (χ4n) is 3.19. The van der Waals surface area contributed by atoms with E-state index in [1.165, 1.54) is 0 Å². The summed E-state index contributed by atoms with van der Waals surface area (Å²) >= 11 is 5.84.